The zero-order valence-electron chi connectivity index (χ0n) is 21.4. The minimum atomic E-state index is -1.83. The Morgan fingerprint density at radius 1 is 1.17 bits per heavy atom. The fourth-order valence-electron chi connectivity index (χ4n) is 5.05. The van der Waals surface area contributed by atoms with Crippen LogP contribution in [0.4, 0.5) is 0 Å². The van der Waals surface area contributed by atoms with Crippen LogP contribution in [0.15, 0.2) is 33.7 Å². The number of ether oxygens (including phenoxy) is 5. The number of primary amides is 1. The number of H-pyrrole nitrogens is 1. The van der Waals surface area contributed by atoms with Gasteiger partial charge < -0.3 is 44.9 Å². The fourth-order valence-corrected chi connectivity index (χ4v) is 5.05. The predicted octanol–water partition coefficient (Wildman–Crippen LogP) is -4.11. The summed E-state index contributed by atoms with van der Waals surface area (Å²) in [4.78, 5) is 63.7. The molecule has 3 amide bonds. The molecule has 9 unspecified atom stereocenters. The number of carbonyl (C=O) groups excluding carboxylic acids is 3. The number of aromatic nitrogens is 2. The Morgan fingerprint density at radius 2 is 1.93 bits per heavy atom. The average Bonchev–Trinajstić information content (AvgIpc) is 3.50. The molecule has 18 heteroatoms. The normalized spacial score (nSPS) is 34.3. The number of carbonyl (C=O) groups is 3. The van der Waals surface area contributed by atoms with E-state index in [9.17, 15) is 39.4 Å². The third-order valence-corrected chi connectivity index (χ3v) is 7.12. The summed E-state index contributed by atoms with van der Waals surface area (Å²) < 4.78 is 29.1. The second-order valence-electron chi connectivity index (χ2n) is 9.83. The van der Waals surface area contributed by atoms with Crippen molar-refractivity contribution in [1.82, 2.24) is 19.9 Å². The van der Waals surface area contributed by atoms with E-state index in [0.29, 0.717) is 17.9 Å². The molecule has 1 aromatic heterocycles. The Kier molecular flexibility index (Phi) is 8.23. The molecule has 0 bridgehead atoms. The van der Waals surface area contributed by atoms with Crippen molar-refractivity contribution in [3.8, 4) is 0 Å². The van der Waals surface area contributed by atoms with Gasteiger partial charge in [-0.3, -0.25) is 33.9 Å². The Hall–Kier alpha value is -3.65. The molecule has 4 aliphatic heterocycles. The first kappa shape index (κ1) is 28.9. The van der Waals surface area contributed by atoms with Crippen LogP contribution >= 0.6 is 0 Å². The largest absolute Gasteiger partial charge is 0.456 e. The van der Waals surface area contributed by atoms with Gasteiger partial charge in [-0.25, -0.2) is 9.86 Å². The van der Waals surface area contributed by atoms with Gasteiger partial charge in [0, 0.05) is 18.8 Å². The zero-order valence-corrected chi connectivity index (χ0v) is 21.4. The lowest BCUT2D eigenvalue weighted by Crippen LogP contribution is -2.54. The van der Waals surface area contributed by atoms with Crippen LogP contribution in [0, 0.1) is 0 Å². The number of amides is 3. The minimum Gasteiger partial charge on any atom is -0.456 e. The van der Waals surface area contributed by atoms with Crippen molar-refractivity contribution in [2.75, 3.05) is 13.3 Å². The van der Waals surface area contributed by atoms with E-state index in [2.05, 4.69) is 10.3 Å². The topological polar surface area (TPSA) is 254 Å². The molecule has 9 atom stereocenters. The number of nitrogens with one attached hydrogen (secondary N) is 2. The second kappa shape index (κ2) is 11.7. The van der Waals surface area contributed by atoms with Crippen LogP contribution in [0.3, 0.4) is 0 Å². The van der Waals surface area contributed by atoms with E-state index in [1.165, 1.54) is 6.20 Å². The van der Waals surface area contributed by atoms with Gasteiger partial charge in [-0.1, -0.05) is 0 Å². The average molecular weight is 584 g/mol. The maximum Gasteiger partial charge on any atom is 0.330 e. The van der Waals surface area contributed by atoms with E-state index in [1.807, 2.05) is 0 Å². The number of aliphatic hydroxyl groups excluding tert-OH is 2. The number of hydrogen-bond donors (Lipinski definition) is 6. The summed E-state index contributed by atoms with van der Waals surface area (Å²) in [5.41, 5.74) is 4.11. The lowest BCUT2D eigenvalue weighted by atomic mass is 10.0. The van der Waals surface area contributed by atoms with Crippen molar-refractivity contribution in [2.45, 2.75) is 74.4 Å². The molecule has 7 N–H and O–H groups in total. The molecule has 0 saturated carbocycles. The highest BCUT2D eigenvalue weighted by atomic mass is 16.8. The molecule has 1 aromatic rings. The van der Waals surface area contributed by atoms with E-state index < -0.39 is 89.9 Å². The highest BCUT2D eigenvalue weighted by Crippen LogP contribution is 2.39. The highest BCUT2D eigenvalue weighted by Gasteiger charge is 2.56. The maximum absolute atomic E-state index is 12.9. The molecule has 224 valence electrons. The first-order valence-corrected chi connectivity index (χ1v) is 12.8. The van der Waals surface area contributed by atoms with E-state index in [-0.39, 0.29) is 19.8 Å². The van der Waals surface area contributed by atoms with Crippen molar-refractivity contribution in [2.24, 2.45) is 5.73 Å². The molecule has 4 aliphatic rings. The summed E-state index contributed by atoms with van der Waals surface area (Å²) in [6.45, 7) is -0.119. The van der Waals surface area contributed by atoms with Gasteiger partial charge in [-0.2, -0.15) is 0 Å². The molecule has 3 fully saturated rings. The molecule has 0 radical (unpaired) electrons. The summed E-state index contributed by atoms with van der Waals surface area (Å²) in [5, 5.41) is 33.6. The molecule has 5 rings (SSSR count). The van der Waals surface area contributed by atoms with Crippen LogP contribution in [-0.2, 0) is 38.1 Å². The molecule has 0 spiro atoms. The van der Waals surface area contributed by atoms with Gasteiger partial charge in [0.1, 0.15) is 43.4 Å². The van der Waals surface area contributed by atoms with Crippen LogP contribution in [0.5, 0.6) is 0 Å². The van der Waals surface area contributed by atoms with Crippen molar-refractivity contribution >= 4 is 17.7 Å². The molecule has 41 heavy (non-hydrogen) atoms. The number of nitrogens with two attached hydrogens (primary N) is 1. The second-order valence-corrected chi connectivity index (χ2v) is 9.83. The van der Waals surface area contributed by atoms with E-state index in [4.69, 9.17) is 29.4 Å². The number of fused-ring (bicyclic) bond motifs is 1. The lowest BCUT2D eigenvalue weighted by Gasteiger charge is -2.35. The first-order chi connectivity index (χ1) is 19.5. The van der Waals surface area contributed by atoms with E-state index >= 15 is 0 Å². The Bertz CT molecular complexity index is 1330. The highest BCUT2D eigenvalue weighted by molar-refractivity contribution is 5.95. The number of nitrogens with zero attached hydrogens (tertiary/aromatic N) is 2. The van der Waals surface area contributed by atoms with Crippen molar-refractivity contribution in [1.29, 1.82) is 0 Å². The Balaban J connectivity index is 1.33. The quantitative estimate of drug-likeness (QED) is 0.167. The summed E-state index contributed by atoms with van der Waals surface area (Å²) in [7, 11) is 0. The lowest BCUT2D eigenvalue weighted by molar-refractivity contribution is -0.243. The third kappa shape index (κ3) is 5.75. The van der Waals surface area contributed by atoms with Gasteiger partial charge in [0.25, 0.3) is 17.4 Å². The molecular formula is C23H29N5O13. The maximum atomic E-state index is 12.9. The van der Waals surface area contributed by atoms with Gasteiger partial charge in [-0.05, 0) is 25.3 Å². The SMILES string of the molecule is NC(=O)C(OC1OC(C(=O)NC2CCCCN(O)C2=O)=CC(O)C1O)C1OC(n2ccc(=O)[nH]c2=O)C2OCOC12. The fraction of sp³-hybridized carbons (Fsp3) is 0.609. The predicted molar refractivity (Wildman–Crippen MR) is 128 cm³/mol. The van der Waals surface area contributed by atoms with Gasteiger partial charge in [-0.15, -0.1) is 0 Å². The Morgan fingerprint density at radius 3 is 2.66 bits per heavy atom. The first-order valence-electron chi connectivity index (χ1n) is 12.8. The molecule has 3 saturated heterocycles. The van der Waals surface area contributed by atoms with Crippen molar-refractivity contribution in [3.63, 3.8) is 0 Å². The zero-order chi connectivity index (χ0) is 29.4. The van der Waals surface area contributed by atoms with Gasteiger partial charge in [0.2, 0.25) is 12.2 Å². The van der Waals surface area contributed by atoms with Crippen molar-refractivity contribution < 1.29 is 53.5 Å². The number of aromatic amines is 1. The molecular weight excluding hydrogens is 554 g/mol. The number of rotatable bonds is 7. The molecule has 0 aromatic carbocycles. The summed E-state index contributed by atoms with van der Waals surface area (Å²) in [5.74, 6) is -3.30. The van der Waals surface area contributed by atoms with Gasteiger partial charge in [0.05, 0.1) is 0 Å². The standard InChI is InChI=1S/C23H29N5O13/c24-18(32)16(15-14-17(38-8-37-14)21(40-15)27-6-4-12(30)26-23(27)35)41-22-13(31)10(29)7-11(39-22)19(33)25-9-3-1-2-5-28(36)20(9)34/h4,6-7,9-10,13-17,21-22,29,31,36H,1-3,5,8H2,(H2,24,32)(H,25,33)(H,26,30,35). The van der Waals surface area contributed by atoms with Gasteiger partial charge >= 0.3 is 5.69 Å². The molecule has 0 aliphatic carbocycles. The summed E-state index contributed by atoms with van der Waals surface area (Å²) >= 11 is 0. The third-order valence-electron chi connectivity index (χ3n) is 7.12. The van der Waals surface area contributed by atoms with Crippen LogP contribution in [-0.4, -0.2) is 110 Å². The van der Waals surface area contributed by atoms with Crippen LogP contribution in [0.1, 0.15) is 25.5 Å². The van der Waals surface area contributed by atoms with Crippen molar-refractivity contribution in [3.05, 3.63) is 44.9 Å². The van der Waals surface area contributed by atoms with E-state index in [1.54, 1.807) is 0 Å². The Labute approximate surface area is 230 Å². The molecule has 5 heterocycles. The monoisotopic (exact) mass is 583 g/mol. The summed E-state index contributed by atoms with van der Waals surface area (Å²) in [6.07, 6.45) is -8.07. The smallest absolute Gasteiger partial charge is 0.330 e. The number of hydroxylamine groups is 2. The van der Waals surface area contributed by atoms with Crippen LogP contribution in [0.25, 0.3) is 0 Å². The number of aliphatic hydroxyl groups is 2. The van der Waals surface area contributed by atoms with Gasteiger partial charge in [0.15, 0.2) is 18.1 Å². The number of hydrogen-bond acceptors (Lipinski definition) is 13. The molecule has 18 nitrogen and oxygen atoms in total. The minimum absolute atomic E-state index is 0.108. The van der Waals surface area contributed by atoms with Crippen LogP contribution in [0.2, 0.25) is 0 Å². The van der Waals surface area contributed by atoms with E-state index in [0.717, 1.165) is 16.7 Å². The van der Waals surface area contributed by atoms with Crippen LogP contribution < -0.4 is 22.3 Å². The summed E-state index contributed by atoms with van der Waals surface area (Å²) in [6, 6.07) is 0.0101.